The number of ether oxygens (including phenoxy) is 1. The van der Waals surface area contributed by atoms with E-state index in [2.05, 4.69) is 9.97 Å². The maximum absolute atomic E-state index is 14.2. The minimum Gasteiger partial charge on any atom is -0.448 e. The van der Waals surface area contributed by atoms with Gasteiger partial charge >= 0.3 is 12.3 Å². The van der Waals surface area contributed by atoms with Crippen molar-refractivity contribution in [2.45, 2.75) is 18.9 Å². The van der Waals surface area contributed by atoms with Crippen LogP contribution in [0.2, 0.25) is 10.0 Å². The molecule has 3 aromatic rings. The molecule has 0 saturated heterocycles. The van der Waals surface area contributed by atoms with Gasteiger partial charge in [-0.15, -0.1) is 0 Å². The highest BCUT2D eigenvalue weighted by Crippen LogP contribution is 2.40. The maximum atomic E-state index is 14.2. The second kappa shape index (κ2) is 9.02. The quantitative estimate of drug-likeness (QED) is 0.521. The number of pyridine rings is 1. The molecule has 0 fully saturated rings. The Kier molecular flexibility index (Phi) is 6.57. The van der Waals surface area contributed by atoms with Crippen molar-refractivity contribution < 1.29 is 22.3 Å². The van der Waals surface area contributed by atoms with E-state index in [0.29, 0.717) is 10.9 Å². The van der Waals surface area contributed by atoms with Crippen molar-refractivity contribution in [1.29, 1.82) is 5.26 Å². The van der Waals surface area contributed by atoms with E-state index in [1.807, 2.05) is 0 Å². The summed E-state index contributed by atoms with van der Waals surface area (Å²) < 4.78 is 60.3. The molecule has 32 heavy (non-hydrogen) atoms. The van der Waals surface area contributed by atoms with Gasteiger partial charge in [0.1, 0.15) is 16.8 Å². The Morgan fingerprint density at radius 3 is 2.62 bits per heavy atom. The van der Waals surface area contributed by atoms with Crippen molar-refractivity contribution in [2.24, 2.45) is 0 Å². The number of halogens is 6. The Morgan fingerprint density at radius 2 is 2.00 bits per heavy atom. The van der Waals surface area contributed by atoms with Gasteiger partial charge in [-0.1, -0.05) is 29.3 Å². The molecule has 1 aromatic carbocycles. The molecule has 0 aliphatic rings. The number of aromatic amines is 1. The fraction of sp³-hybridized carbons (Fsp3) is 0.158. The Hall–Kier alpha value is -3.36. The second-order valence-electron chi connectivity index (χ2n) is 6.28. The summed E-state index contributed by atoms with van der Waals surface area (Å²) in [5, 5.41) is 8.61. The van der Waals surface area contributed by atoms with Crippen molar-refractivity contribution in [3.05, 3.63) is 84.4 Å². The Labute approximate surface area is 186 Å². The smallest absolute Gasteiger partial charge is 0.352 e. The number of alkyl halides is 4. The molecule has 0 aliphatic carbocycles. The van der Waals surface area contributed by atoms with Gasteiger partial charge in [0.25, 0.3) is 11.1 Å². The number of hydrogen-bond donors (Lipinski definition) is 1. The zero-order valence-electron chi connectivity index (χ0n) is 15.6. The first-order valence-electron chi connectivity index (χ1n) is 8.55. The predicted octanol–water partition coefficient (Wildman–Crippen LogP) is 4.31. The highest BCUT2D eigenvalue weighted by atomic mass is 35.5. The molecule has 3 rings (SSSR count). The van der Waals surface area contributed by atoms with Crippen LogP contribution in [-0.2, 0) is 12.5 Å². The SMILES string of the molecule is N#Cc1cc(Cl)cc(Oc2c(C(F)(F)C(F)F)ncn(Cc3ccc[nH]c3=O)c2=O)c1Cl. The lowest BCUT2D eigenvalue weighted by atomic mass is 10.2. The highest BCUT2D eigenvalue weighted by molar-refractivity contribution is 6.35. The van der Waals surface area contributed by atoms with E-state index in [4.69, 9.17) is 33.2 Å². The third-order valence-corrected chi connectivity index (χ3v) is 4.77. The van der Waals surface area contributed by atoms with Gasteiger partial charge < -0.3 is 9.72 Å². The van der Waals surface area contributed by atoms with Crippen molar-refractivity contribution >= 4 is 23.2 Å². The zero-order valence-corrected chi connectivity index (χ0v) is 17.1. The van der Waals surface area contributed by atoms with Gasteiger partial charge in [-0.25, -0.2) is 13.8 Å². The van der Waals surface area contributed by atoms with Crippen LogP contribution in [0.4, 0.5) is 17.6 Å². The first-order valence-corrected chi connectivity index (χ1v) is 9.31. The number of aromatic nitrogens is 3. The second-order valence-corrected chi connectivity index (χ2v) is 7.10. The van der Waals surface area contributed by atoms with E-state index in [9.17, 15) is 27.2 Å². The summed E-state index contributed by atoms with van der Waals surface area (Å²) in [6.45, 7) is -0.425. The summed E-state index contributed by atoms with van der Waals surface area (Å²) in [7, 11) is 0. The fourth-order valence-electron chi connectivity index (χ4n) is 2.61. The third kappa shape index (κ3) is 4.46. The summed E-state index contributed by atoms with van der Waals surface area (Å²) in [4.78, 5) is 30.4. The van der Waals surface area contributed by atoms with Gasteiger partial charge in [-0.2, -0.15) is 14.0 Å². The summed E-state index contributed by atoms with van der Waals surface area (Å²) in [6.07, 6.45) is -2.29. The van der Waals surface area contributed by atoms with Crippen LogP contribution in [0.3, 0.4) is 0 Å². The number of nitriles is 1. The van der Waals surface area contributed by atoms with Gasteiger partial charge in [0.05, 0.1) is 18.4 Å². The van der Waals surface area contributed by atoms with Crippen LogP contribution < -0.4 is 15.9 Å². The van der Waals surface area contributed by atoms with E-state index in [0.717, 1.165) is 12.1 Å². The first-order chi connectivity index (χ1) is 15.1. The van der Waals surface area contributed by atoms with Gasteiger partial charge in [-0.3, -0.25) is 14.2 Å². The average Bonchev–Trinajstić information content (AvgIpc) is 2.74. The lowest BCUT2D eigenvalue weighted by Crippen LogP contribution is -2.32. The van der Waals surface area contributed by atoms with Crippen LogP contribution >= 0.6 is 23.2 Å². The molecule has 0 spiro atoms. The lowest BCUT2D eigenvalue weighted by Gasteiger charge is -2.19. The molecular weight excluding hydrogens is 479 g/mol. The molecule has 0 amide bonds. The molecule has 0 saturated carbocycles. The number of nitrogens with one attached hydrogen (secondary N) is 1. The Balaban J connectivity index is 2.21. The molecular formula is C19H10Cl2F4N4O3. The van der Waals surface area contributed by atoms with Crippen LogP contribution in [0.25, 0.3) is 0 Å². The number of hydrogen-bond acceptors (Lipinski definition) is 5. The molecule has 7 nitrogen and oxygen atoms in total. The maximum Gasteiger partial charge on any atom is 0.352 e. The minimum atomic E-state index is -4.86. The van der Waals surface area contributed by atoms with Crippen LogP contribution in [0.5, 0.6) is 11.5 Å². The van der Waals surface area contributed by atoms with E-state index in [1.54, 1.807) is 6.07 Å². The van der Waals surface area contributed by atoms with Crippen LogP contribution in [0.1, 0.15) is 16.8 Å². The fourth-order valence-corrected chi connectivity index (χ4v) is 3.01. The Bertz CT molecular complexity index is 1340. The van der Waals surface area contributed by atoms with Crippen molar-refractivity contribution in [1.82, 2.24) is 14.5 Å². The zero-order chi connectivity index (χ0) is 23.6. The van der Waals surface area contributed by atoms with Gasteiger partial charge in [0.2, 0.25) is 5.75 Å². The summed E-state index contributed by atoms with van der Waals surface area (Å²) >= 11 is 11.8. The number of benzene rings is 1. The van der Waals surface area contributed by atoms with Crippen molar-refractivity contribution in [2.75, 3.05) is 0 Å². The molecule has 0 bridgehead atoms. The Morgan fingerprint density at radius 1 is 1.28 bits per heavy atom. The number of H-pyrrole nitrogens is 1. The molecule has 1 N–H and O–H groups in total. The molecule has 0 atom stereocenters. The summed E-state index contributed by atoms with van der Waals surface area (Å²) in [5.41, 5.74) is -3.67. The molecule has 2 aromatic heterocycles. The average molecular weight is 489 g/mol. The van der Waals surface area contributed by atoms with E-state index < -0.39 is 52.2 Å². The molecule has 0 radical (unpaired) electrons. The summed E-state index contributed by atoms with van der Waals surface area (Å²) in [6, 6.07) is 6.66. The van der Waals surface area contributed by atoms with Crippen LogP contribution in [0, 0.1) is 11.3 Å². The molecule has 2 heterocycles. The summed E-state index contributed by atoms with van der Waals surface area (Å²) in [5.74, 6) is -6.63. The van der Waals surface area contributed by atoms with E-state index >= 15 is 0 Å². The van der Waals surface area contributed by atoms with Gasteiger partial charge in [0.15, 0.2) is 5.69 Å². The predicted molar refractivity (Wildman–Crippen MR) is 106 cm³/mol. The van der Waals surface area contributed by atoms with E-state index in [-0.39, 0.29) is 16.1 Å². The van der Waals surface area contributed by atoms with Gasteiger partial charge in [-0.05, 0) is 12.1 Å². The monoisotopic (exact) mass is 488 g/mol. The third-order valence-electron chi connectivity index (χ3n) is 4.16. The highest BCUT2D eigenvalue weighted by Gasteiger charge is 2.48. The normalized spacial score (nSPS) is 11.4. The van der Waals surface area contributed by atoms with Crippen molar-refractivity contribution in [3.8, 4) is 17.6 Å². The first kappa shape index (κ1) is 23.3. The van der Waals surface area contributed by atoms with Gasteiger partial charge in [0, 0.05) is 22.8 Å². The standard InChI is InChI=1S/C19H10Cl2F4N4O3/c20-11-4-10(6-26)13(21)12(5-11)32-14-15(19(24,25)18(22)23)28-8-29(17(14)31)7-9-2-1-3-27-16(9)30/h1-5,8,18H,7H2,(H,27,30). The topological polar surface area (TPSA) is 101 Å². The number of rotatable bonds is 6. The molecule has 0 aliphatic heterocycles. The van der Waals surface area contributed by atoms with Crippen LogP contribution in [0.15, 0.2) is 46.4 Å². The molecule has 166 valence electrons. The minimum absolute atomic E-state index is 0.0586. The molecule has 0 unspecified atom stereocenters. The molecule has 13 heteroatoms. The lowest BCUT2D eigenvalue weighted by molar-refractivity contribution is -0.139. The van der Waals surface area contributed by atoms with E-state index in [1.165, 1.54) is 18.3 Å². The van der Waals surface area contributed by atoms with Crippen molar-refractivity contribution in [3.63, 3.8) is 0 Å². The van der Waals surface area contributed by atoms with Crippen LogP contribution in [-0.4, -0.2) is 21.0 Å². The largest absolute Gasteiger partial charge is 0.448 e. The number of nitrogens with zero attached hydrogens (tertiary/aromatic N) is 3.